The van der Waals surface area contributed by atoms with E-state index in [9.17, 15) is 4.79 Å². The summed E-state index contributed by atoms with van der Waals surface area (Å²) in [7, 11) is 0. The standard InChI is InChI=1S/C13H10BrClN2O2/c14-7-1-4-10(15)12(5-7)17-11-6-8(16)2-3-9(11)13(18)19/h1-6,17H,16H2,(H,18,19). The molecule has 0 aromatic heterocycles. The van der Waals surface area contributed by atoms with Gasteiger partial charge < -0.3 is 16.2 Å². The summed E-state index contributed by atoms with van der Waals surface area (Å²) in [6.45, 7) is 0. The second-order valence-electron chi connectivity index (χ2n) is 3.86. The Balaban J connectivity index is 2.45. The summed E-state index contributed by atoms with van der Waals surface area (Å²) in [5.41, 5.74) is 7.27. The van der Waals surface area contributed by atoms with Gasteiger partial charge in [-0.2, -0.15) is 0 Å². The average molecular weight is 342 g/mol. The fraction of sp³-hybridized carbons (Fsp3) is 0. The third-order valence-electron chi connectivity index (χ3n) is 2.47. The number of nitrogen functional groups attached to an aromatic ring is 1. The van der Waals surface area contributed by atoms with E-state index in [1.807, 2.05) is 0 Å². The zero-order valence-corrected chi connectivity index (χ0v) is 12.0. The Morgan fingerprint density at radius 1 is 1.21 bits per heavy atom. The molecule has 4 nitrogen and oxygen atoms in total. The minimum absolute atomic E-state index is 0.130. The van der Waals surface area contributed by atoms with Crippen molar-refractivity contribution in [2.45, 2.75) is 0 Å². The predicted octanol–water partition coefficient (Wildman–Crippen LogP) is 4.13. The van der Waals surface area contributed by atoms with E-state index < -0.39 is 5.97 Å². The first-order chi connectivity index (χ1) is 8.97. The molecule has 0 heterocycles. The van der Waals surface area contributed by atoms with E-state index in [-0.39, 0.29) is 5.56 Å². The summed E-state index contributed by atoms with van der Waals surface area (Å²) in [5.74, 6) is -1.03. The van der Waals surface area contributed by atoms with Crippen molar-refractivity contribution in [3.05, 3.63) is 51.5 Å². The molecule has 0 amide bonds. The fourth-order valence-electron chi connectivity index (χ4n) is 1.59. The molecule has 0 aliphatic heterocycles. The molecule has 2 aromatic rings. The van der Waals surface area contributed by atoms with Gasteiger partial charge in [0.2, 0.25) is 0 Å². The molecular formula is C13H10BrClN2O2. The van der Waals surface area contributed by atoms with Gasteiger partial charge in [0.25, 0.3) is 0 Å². The van der Waals surface area contributed by atoms with Gasteiger partial charge in [0.05, 0.1) is 22.0 Å². The number of halogens is 2. The summed E-state index contributed by atoms with van der Waals surface area (Å²) in [6, 6.07) is 9.81. The summed E-state index contributed by atoms with van der Waals surface area (Å²) in [5, 5.41) is 12.6. The molecule has 0 aliphatic carbocycles. The quantitative estimate of drug-likeness (QED) is 0.734. The molecule has 0 saturated carbocycles. The maximum absolute atomic E-state index is 11.2. The first-order valence-electron chi connectivity index (χ1n) is 5.32. The number of anilines is 3. The van der Waals surface area contributed by atoms with E-state index >= 15 is 0 Å². The Bertz CT molecular complexity index is 647. The summed E-state index contributed by atoms with van der Waals surface area (Å²) in [4.78, 5) is 11.2. The summed E-state index contributed by atoms with van der Waals surface area (Å²) < 4.78 is 0.833. The van der Waals surface area contributed by atoms with Crippen LogP contribution >= 0.6 is 27.5 Å². The van der Waals surface area contributed by atoms with Gasteiger partial charge in [0.1, 0.15) is 0 Å². The Kier molecular flexibility index (Phi) is 3.97. The van der Waals surface area contributed by atoms with Crippen molar-refractivity contribution in [2.75, 3.05) is 11.1 Å². The maximum atomic E-state index is 11.2. The predicted molar refractivity (Wildman–Crippen MR) is 80.2 cm³/mol. The average Bonchev–Trinajstić information content (AvgIpc) is 2.33. The molecule has 0 saturated heterocycles. The van der Waals surface area contributed by atoms with Crippen molar-refractivity contribution in [1.82, 2.24) is 0 Å². The molecule has 4 N–H and O–H groups in total. The maximum Gasteiger partial charge on any atom is 0.337 e. The van der Waals surface area contributed by atoms with Crippen molar-refractivity contribution in [3.63, 3.8) is 0 Å². The second kappa shape index (κ2) is 5.50. The zero-order chi connectivity index (χ0) is 14.0. The molecule has 0 unspecified atom stereocenters. The lowest BCUT2D eigenvalue weighted by molar-refractivity contribution is 0.0698. The number of carboxylic acid groups (broad SMARTS) is 1. The van der Waals surface area contributed by atoms with Crippen LogP contribution in [0.15, 0.2) is 40.9 Å². The molecule has 0 bridgehead atoms. The van der Waals surface area contributed by atoms with Crippen molar-refractivity contribution in [2.24, 2.45) is 0 Å². The number of nitrogens with one attached hydrogen (secondary N) is 1. The molecule has 0 radical (unpaired) electrons. The Morgan fingerprint density at radius 3 is 2.63 bits per heavy atom. The summed E-state index contributed by atoms with van der Waals surface area (Å²) in [6.07, 6.45) is 0. The minimum atomic E-state index is -1.03. The van der Waals surface area contributed by atoms with Crippen LogP contribution in [0.25, 0.3) is 0 Å². The largest absolute Gasteiger partial charge is 0.478 e. The topological polar surface area (TPSA) is 75.4 Å². The van der Waals surface area contributed by atoms with Gasteiger partial charge >= 0.3 is 5.97 Å². The number of carboxylic acids is 1. The van der Waals surface area contributed by atoms with Gasteiger partial charge in [-0.1, -0.05) is 27.5 Å². The van der Waals surface area contributed by atoms with Crippen LogP contribution in [0.5, 0.6) is 0 Å². The van der Waals surface area contributed by atoms with Crippen LogP contribution in [0.3, 0.4) is 0 Å². The van der Waals surface area contributed by atoms with Crippen LogP contribution in [0.4, 0.5) is 17.1 Å². The van der Waals surface area contributed by atoms with E-state index in [0.29, 0.717) is 22.1 Å². The lowest BCUT2D eigenvalue weighted by atomic mass is 10.1. The van der Waals surface area contributed by atoms with Gasteiger partial charge in [0.15, 0.2) is 0 Å². The van der Waals surface area contributed by atoms with Gasteiger partial charge in [-0.3, -0.25) is 0 Å². The number of nitrogens with two attached hydrogens (primary N) is 1. The Labute approximate surface area is 123 Å². The fourth-order valence-corrected chi connectivity index (χ4v) is 2.12. The van der Waals surface area contributed by atoms with Crippen molar-refractivity contribution >= 4 is 50.6 Å². The highest BCUT2D eigenvalue weighted by Gasteiger charge is 2.11. The summed E-state index contributed by atoms with van der Waals surface area (Å²) >= 11 is 9.39. The van der Waals surface area contributed by atoms with Gasteiger partial charge in [-0.25, -0.2) is 4.79 Å². The highest BCUT2D eigenvalue weighted by molar-refractivity contribution is 9.10. The van der Waals surface area contributed by atoms with Gasteiger partial charge in [-0.05, 0) is 36.4 Å². The van der Waals surface area contributed by atoms with E-state index in [4.69, 9.17) is 22.4 Å². The van der Waals surface area contributed by atoms with Crippen LogP contribution in [0, 0.1) is 0 Å². The van der Waals surface area contributed by atoms with E-state index in [1.165, 1.54) is 12.1 Å². The zero-order valence-electron chi connectivity index (χ0n) is 9.65. The molecule has 0 atom stereocenters. The highest BCUT2D eigenvalue weighted by Crippen LogP contribution is 2.30. The number of rotatable bonds is 3. The lowest BCUT2D eigenvalue weighted by Gasteiger charge is -2.12. The van der Waals surface area contributed by atoms with Gasteiger partial charge in [0, 0.05) is 10.2 Å². The van der Waals surface area contributed by atoms with Crippen LogP contribution in [-0.2, 0) is 0 Å². The SMILES string of the molecule is Nc1ccc(C(=O)O)c(Nc2cc(Br)ccc2Cl)c1. The number of benzene rings is 2. The third-order valence-corrected chi connectivity index (χ3v) is 3.29. The third kappa shape index (κ3) is 3.19. The monoisotopic (exact) mass is 340 g/mol. The smallest absolute Gasteiger partial charge is 0.337 e. The molecule has 0 fully saturated rings. The lowest BCUT2D eigenvalue weighted by Crippen LogP contribution is -2.04. The number of hydrogen-bond donors (Lipinski definition) is 3. The van der Waals surface area contributed by atoms with Crippen LogP contribution < -0.4 is 11.1 Å². The molecule has 2 rings (SSSR count). The van der Waals surface area contributed by atoms with Crippen molar-refractivity contribution in [1.29, 1.82) is 0 Å². The number of hydrogen-bond acceptors (Lipinski definition) is 3. The minimum Gasteiger partial charge on any atom is -0.478 e. The van der Waals surface area contributed by atoms with Gasteiger partial charge in [-0.15, -0.1) is 0 Å². The molecule has 19 heavy (non-hydrogen) atoms. The van der Waals surface area contributed by atoms with Crippen LogP contribution in [0.2, 0.25) is 5.02 Å². The first-order valence-corrected chi connectivity index (χ1v) is 6.49. The highest BCUT2D eigenvalue weighted by atomic mass is 79.9. The number of aromatic carboxylic acids is 1. The van der Waals surface area contributed by atoms with Crippen molar-refractivity contribution < 1.29 is 9.90 Å². The molecular weight excluding hydrogens is 332 g/mol. The Morgan fingerprint density at radius 2 is 1.95 bits per heavy atom. The number of carbonyl (C=O) groups is 1. The molecule has 0 aliphatic rings. The van der Waals surface area contributed by atoms with E-state index in [2.05, 4.69) is 21.2 Å². The van der Waals surface area contributed by atoms with Crippen LogP contribution in [-0.4, -0.2) is 11.1 Å². The second-order valence-corrected chi connectivity index (χ2v) is 5.18. The van der Waals surface area contributed by atoms with E-state index in [1.54, 1.807) is 24.3 Å². The van der Waals surface area contributed by atoms with Crippen LogP contribution in [0.1, 0.15) is 10.4 Å². The molecule has 98 valence electrons. The molecule has 2 aromatic carbocycles. The Hall–Kier alpha value is -1.72. The molecule has 0 spiro atoms. The first kappa shape index (κ1) is 13.7. The van der Waals surface area contributed by atoms with Crippen molar-refractivity contribution in [3.8, 4) is 0 Å². The van der Waals surface area contributed by atoms with E-state index in [0.717, 1.165) is 4.47 Å². The normalized spacial score (nSPS) is 10.2. The molecule has 6 heteroatoms.